The Labute approximate surface area is 167 Å². The topological polar surface area (TPSA) is 75.7 Å². The van der Waals surface area contributed by atoms with Crippen LogP contribution in [0, 0.1) is 6.92 Å². The predicted molar refractivity (Wildman–Crippen MR) is 110 cm³/mol. The van der Waals surface area contributed by atoms with Crippen molar-refractivity contribution in [1.29, 1.82) is 0 Å². The highest BCUT2D eigenvalue weighted by Gasteiger charge is 2.18. The fourth-order valence-electron chi connectivity index (χ4n) is 2.53. The molecule has 0 aromatic heterocycles. The average molecular weight is 405 g/mol. The third-order valence-corrected chi connectivity index (χ3v) is 6.11. The minimum Gasteiger partial charge on any atom is -0.491 e. The first-order valence-corrected chi connectivity index (χ1v) is 10.8. The van der Waals surface area contributed by atoms with Crippen molar-refractivity contribution in [3.63, 3.8) is 0 Å². The molecule has 0 aliphatic carbocycles. The summed E-state index contributed by atoms with van der Waals surface area (Å²) in [6, 6.07) is 13.5. The van der Waals surface area contributed by atoms with Crippen LogP contribution >= 0.6 is 0 Å². The van der Waals surface area contributed by atoms with Gasteiger partial charge in [-0.25, -0.2) is 13.1 Å². The zero-order valence-corrected chi connectivity index (χ0v) is 17.6. The molecule has 152 valence electrons. The third-order valence-electron chi connectivity index (χ3n) is 4.50. The van der Waals surface area contributed by atoms with Gasteiger partial charge in [0.2, 0.25) is 10.0 Å². The van der Waals surface area contributed by atoms with E-state index in [1.54, 1.807) is 11.9 Å². The van der Waals surface area contributed by atoms with E-state index in [0.717, 1.165) is 11.3 Å². The molecule has 28 heavy (non-hydrogen) atoms. The van der Waals surface area contributed by atoms with E-state index >= 15 is 0 Å². The van der Waals surface area contributed by atoms with Crippen LogP contribution in [0.1, 0.15) is 36.2 Å². The number of likely N-dealkylation sites (N-methyl/N-ethyl adjacent to an activating group) is 1. The number of carbonyl (C=O) groups is 1. The van der Waals surface area contributed by atoms with Crippen molar-refractivity contribution in [2.24, 2.45) is 0 Å². The van der Waals surface area contributed by atoms with Crippen LogP contribution in [0.3, 0.4) is 0 Å². The molecule has 1 N–H and O–H groups in total. The average Bonchev–Trinajstić information content (AvgIpc) is 2.68. The predicted octanol–water partition coefficient (Wildman–Crippen LogP) is 3.22. The van der Waals surface area contributed by atoms with Gasteiger partial charge >= 0.3 is 0 Å². The number of benzene rings is 2. The van der Waals surface area contributed by atoms with Crippen molar-refractivity contribution in [2.45, 2.75) is 38.1 Å². The van der Waals surface area contributed by atoms with Crippen LogP contribution in [0.4, 0.5) is 0 Å². The largest absolute Gasteiger partial charge is 0.491 e. The van der Waals surface area contributed by atoms with Gasteiger partial charge in [0, 0.05) is 18.7 Å². The Morgan fingerprint density at radius 1 is 1.14 bits per heavy atom. The second kappa shape index (κ2) is 9.71. The van der Waals surface area contributed by atoms with E-state index in [1.165, 1.54) is 24.3 Å². The Bertz CT molecular complexity index is 895. The van der Waals surface area contributed by atoms with Crippen molar-refractivity contribution < 1.29 is 17.9 Å². The SMILES string of the molecule is CCC(C)NS(=O)(=O)c1ccc(C(=O)N(C)CCOc2ccccc2C)cc1. The Kier molecular flexibility index (Phi) is 7.60. The fourth-order valence-corrected chi connectivity index (χ4v) is 3.85. The Morgan fingerprint density at radius 3 is 2.39 bits per heavy atom. The van der Waals surface area contributed by atoms with Crippen LogP contribution in [-0.4, -0.2) is 45.5 Å². The summed E-state index contributed by atoms with van der Waals surface area (Å²) < 4.78 is 32.9. The first-order valence-electron chi connectivity index (χ1n) is 9.31. The number of carbonyl (C=O) groups excluding carboxylic acids is 1. The van der Waals surface area contributed by atoms with Crippen LogP contribution in [0.15, 0.2) is 53.4 Å². The number of amides is 1. The molecule has 2 aromatic rings. The van der Waals surface area contributed by atoms with Crippen LogP contribution in [0.5, 0.6) is 5.75 Å². The van der Waals surface area contributed by atoms with E-state index in [9.17, 15) is 13.2 Å². The molecule has 0 bridgehead atoms. The molecule has 1 unspecified atom stereocenters. The molecule has 2 aromatic carbocycles. The number of hydrogen-bond donors (Lipinski definition) is 1. The summed E-state index contributed by atoms with van der Waals surface area (Å²) in [5.74, 6) is 0.610. The normalized spacial score (nSPS) is 12.4. The molecule has 0 aliphatic heterocycles. The number of para-hydroxylation sites is 1. The number of sulfonamides is 1. The van der Waals surface area contributed by atoms with Crippen molar-refractivity contribution in [2.75, 3.05) is 20.2 Å². The quantitative estimate of drug-likeness (QED) is 0.696. The monoisotopic (exact) mass is 404 g/mol. The smallest absolute Gasteiger partial charge is 0.253 e. The maximum Gasteiger partial charge on any atom is 0.253 e. The second-order valence-electron chi connectivity index (χ2n) is 6.80. The van der Waals surface area contributed by atoms with Crippen molar-refractivity contribution in [1.82, 2.24) is 9.62 Å². The zero-order chi connectivity index (χ0) is 20.7. The molecule has 1 atom stereocenters. The highest BCUT2D eigenvalue weighted by atomic mass is 32.2. The second-order valence-corrected chi connectivity index (χ2v) is 8.51. The molecule has 0 saturated carbocycles. The molecule has 1 amide bonds. The van der Waals surface area contributed by atoms with E-state index in [-0.39, 0.29) is 16.8 Å². The molecule has 0 heterocycles. The summed E-state index contributed by atoms with van der Waals surface area (Å²) in [5, 5.41) is 0. The van der Waals surface area contributed by atoms with Gasteiger partial charge in [-0.3, -0.25) is 4.79 Å². The third kappa shape index (κ3) is 5.81. The van der Waals surface area contributed by atoms with Gasteiger partial charge in [-0.1, -0.05) is 25.1 Å². The first kappa shape index (κ1) is 21.9. The number of aryl methyl sites for hydroxylation is 1. The lowest BCUT2D eigenvalue weighted by atomic mass is 10.2. The minimum atomic E-state index is -3.58. The molecule has 0 fully saturated rings. The molecular formula is C21H28N2O4S. The molecule has 0 aliphatic rings. The maximum atomic E-state index is 12.5. The molecule has 0 saturated heterocycles. The van der Waals surface area contributed by atoms with Gasteiger partial charge in [-0.2, -0.15) is 0 Å². The first-order chi connectivity index (χ1) is 13.2. The van der Waals surface area contributed by atoms with Gasteiger partial charge in [0.05, 0.1) is 11.4 Å². The minimum absolute atomic E-state index is 0.148. The molecule has 7 heteroatoms. The summed E-state index contributed by atoms with van der Waals surface area (Å²) in [6.45, 7) is 6.48. The fraction of sp³-hybridized carbons (Fsp3) is 0.381. The zero-order valence-electron chi connectivity index (χ0n) is 16.8. The summed E-state index contributed by atoms with van der Waals surface area (Å²) in [4.78, 5) is 14.2. The number of hydrogen-bond acceptors (Lipinski definition) is 4. The molecular weight excluding hydrogens is 376 g/mol. The summed E-state index contributed by atoms with van der Waals surface area (Å²) >= 11 is 0. The standard InChI is InChI=1S/C21H28N2O4S/c1-5-17(3)22-28(25,26)19-12-10-18(11-13-19)21(24)23(4)14-15-27-20-9-7-6-8-16(20)2/h6-13,17,22H,5,14-15H2,1-4H3. The van der Waals surface area contributed by atoms with Gasteiger partial charge in [-0.15, -0.1) is 0 Å². The Balaban J connectivity index is 1.95. The summed E-state index contributed by atoms with van der Waals surface area (Å²) in [7, 11) is -1.89. The lowest BCUT2D eigenvalue weighted by Gasteiger charge is -2.18. The number of nitrogens with zero attached hydrogens (tertiary/aromatic N) is 1. The Morgan fingerprint density at radius 2 is 1.79 bits per heavy atom. The molecule has 2 rings (SSSR count). The summed E-state index contributed by atoms with van der Waals surface area (Å²) in [6.07, 6.45) is 0.700. The lowest BCUT2D eigenvalue weighted by molar-refractivity contribution is 0.0773. The maximum absolute atomic E-state index is 12.5. The van der Waals surface area contributed by atoms with Crippen molar-refractivity contribution in [3.8, 4) is 5.75 Å². The van der Waals surface area contributed by atoms with Crippen molar-refractivity contribution >= 4 is 15.9 Å². The molecule has 6 nitrogen and oxygen atoms in total. The molecule has 0 spiro atoms. The van der Waals surface area contributed by atoms with E-state index in [4.69, 9.17) is 4.74 Å². The van der Waals surface area contributed by atoms with Gasteiger partial charge in [0.1, 0.15) is 12.4 Å². The Hall–Kier alpha value is -2.38. The van der Waals surface area contributed by atoms with Crippen LogP contribution in [0.2, 0.25) is 0 Å². The van der Waals surface area contributed by atoms with Gasteiger partial charge in [0.15, 0.2) is 0 Å². The van der Waals surface area contributed by atoms with Crippen molar-refractivity contribution in [3.05, 3.63) is 59.7 Å². The van der Waals surface area contributed by atoms with E-state index < -0.39 is 10.0 Å². The highest BCUT2D eigenvalue weighted by molar-refractivity contribution is 7.89. The van der Waals surface area contributed by atoms with Gasteiger partial charge < -0.3 is 9.64 Å². The van der Waals surface area contributed by atoms with Crippen LogP contribution < -0.4 is 9.46 Å². The van der Waals surface area contributed by atoms with E-state index in [1.807, 2.05) is 45.0 Å². The van der Waals surface area contributed by atoms with E-state index in [0.29, 0.717) is 25.1 Å². The van der Waals surface area contributed by atoms with Crippen LogP contribution in [-0.2, 0) is 10.0 Å². The lowest BCUT2D eigenvalue weighted by Crippen LogP contribution is -2.32. The van der Waals surface area contributed by atoms with E-state index in [2.05, 4.69) is 4.72 Å². The molecule has 0 radical (unpaired) electrons. The number of nitrogens with one attached hydrogen (secondary N) is 1. The number of rotatable bonds is 9. The highest BCUT2D eigenvalue weighted by Crippen LogP contribution is 2.16. The number of ether oxygens (including phenoxy) is 1. The van der Waals surface area contributed by atoms with Crippen LogP contribution in [0.25, 0.3) is 0 Å². The summed E-state index contributed by atoms with van der Waals surface area (Å²) in [5.41, 5.74) is 1.47. The van der Waals surface area contributed by atoms with Gasteiger partial charge in [0.25, 0.3) is 5.91 Å². The van der Waals surface area contributed by atoms with Gasteiger partial charge in [-0.05, 0) is 56.2 Å².